The molecule has 2 nitrogen and oxygen atoms in total. The summed E-state index contributed by atoms with van der Waals surface area (Å²) >= 11 is 1.31. The summed E-state index contributed by atoms with van der Waals surface area (Å²) in [6.45, 7) is 2.05. The molecule has 3 unspecified atom stereocenters. The number of nitrogens with one attached hydrogen (secondary N) is 1. The van der Waals surface area contributed by atoms with Gasteiger partial charge in [-0.15, -0.1) is 11.8 Å². The van der Waals surface area contributed by atoms with Crippen LogP contribution in [0, 0.1) is 28.9 Å². The smallest absolute Gasteiger partial charge is 0.339 e. The van der Waals surface area contributed by atoms with E-state index in [1.54, 1.807) is 6.07 Å². The number of hydrogen-bond acceptors (Lipinski definition) is 2. The molecule has 33 heavy (non-hydrogen) atoms. The van der Waals surface area contributed by atoms with Gasteiger partial charge in [-0.05, 0) is 78.3 Å². The van der Waals surface area contributed by atoms with Crippen molar-refractivity contribution in [2.75, 3.05) is 0 Å². The number of thioether (sulfide) groups is 1. The average Bonchev–Trinajstić information content (AvgIpc) is 3.67. The third-order valence-corrected chi connectivity index (χ3v) is 8.45. The summed E-state index contributed by atoms with van der Waals surface area (Å²) < 4.78 is 68.5. The number of alkyl halides is 3. The van der Waals surface area contributed by atoms with Crippen LogP contribution in [0.25, 0.3) is 4.91 Å². The number of carbonyl (C=O) groups is 1. The van der Waals surface area contributed by atoms with Gasteiger partial charge in [0, 0.05) is 4.91 Å². The minimum absolute atomic E-state index is 0.0800. The van der Waals surface area contributed by atoms with Crippen LogP contribution in [0.4, 0.5) is 22.0 Å². The lowest BCUT2D eigenvalue weighted by Crippen LogP contribution is -2.38. The van der Waals surface area contributed by atoms with E-state index in [0.29, 0.717) is 11.5 Å². The Hall–Kier alpha value is -2.35. The van der Waals surface area contributed by atoms with Crippen LogP contribution in [0.1, 0.15) is 54.1 Å². The molecule has 1 amide bonds. The van der Waals surface area contributed by atoms with Gasteiger partial charge in [0.25, 0.3) is 5.91 Å². The largest absolute Gasteiger partial charge is 0.416 e. The van der Waals surface area contributed by atoms with E-state index in [9.17, 15) is 26.7 Å². The summed E-state index contributed by atoms with van der Waals surface area (Å²) in [4.78, 5) is 13.6. The van der Waals surface area contributed by atoms with E-state index >= 15 is 0 Å². The molecule has 3 atom stereocenters. The lowest BCUT2D eigenvalue weighted by Gasteiger charge is -2.34. The number of hydrogen-bond donors (Lipinski definition) is 1. The molecule has 1 heterocycles. The highest BCUT2D eigenvalue weighted by molar-refractivity contribution is 8.09. The Morgan fingerprint density at radius 1 is 1.12 bits per heavy atom. The number of halogens is 5. The maximum atomic E-state index is 14.2. The van der Waals surface area contributed by atoms with Crippen molar-refractivity contribution in [3.8, 4) is 0 Å². The summed E-state index contributed by atoms with van der Waals surface area (Å²) in [7, 11) is 0. The zero-order chi connectivity index (χ0) is 23.5. The van der Waals surface area contributed by atoms with E-state index in [4.69, 9.17) is 0 Å². The molecular formula is C25H22F5NOS. The van der Waals surface area contributed by atoms with E-state index in [2.05, 4.69) is 12.2 Å². The summed E-state index contributed by atoms with van der Waals surface area (Å²) in [5.41, 5.74) is 0.120. The monoisotopic (exact) mass is 479 g/mol. The average molecular weight is 480 g/mol. The minimum Gasteiger partial charge on any atom is -0.339 e. The van der Waals surface area contributed by atoms with Crippen LogP contribution in [0.15, 0.2) is 48.0 Å². The normalized spacial score (nSPS) is 26.7. The van der Waals surface area contributed by atoms with Crippen molar-refractivity contribution in [3.05, 3.63) is 76.4 Å². The van der Waals surface area contributed by atoms with Crippen molar-refractivity contribution in [2.24, 2.45) is 17.3 Å². The zero-order valence-electron chi connectivity index (χ0n) is 17.8. The fourth-order valence-electron chi connectivity index (χ4n) is 5.21. The third kappa shape index (κ3) is 3.86. The Morgan fingerprint density at radius 2 is 1.79 bits per heavy atom. The maximum Gasteiger partial charge on any atom is 0.416 e. The topological polar surface area (TPSA) is 29.1 Å². The Kier molecular flexibility index (Phi) is 5.34. The molecule has 0 aromatic heterocycles. The molecule has 2 aliphatic carbocycles. The molecule has 2 aromatic rings. The van der Waals surface area contributed by atoms with Crippen molar-refractivity contribution >= 4 is 22.6 Å². The second-order valence-electron chi connectivity index (χ2n) is 9.02. The van der Waals surface area contributed by atoms with Crippen LogP contribution < -0.4 is 5.32 Å². The number of benzene rings is 2. The van der Waals surface area contributed by atoms with E-state index in [1.807, 2.05) is 0 Å². The molecule has 8 heteroatoms. The van der Waals surface area contributed by atoms with E-state index in [1.165, 1.54) is 29.5 Å². The Labute approximate surface area is 192 Å². The molecule has 2 fully saturated rings. The molecule has 3 aliphatic rings. The first-order valence-corrected chi connectivity index (χ1v) is 11.9. The van der Waals surface area contributed by atoms with Crippen LogP contribution in [-0.4, -0.2) is 11.3 Å². The second-order valence-corrected chi connectivity index (χ2v) is 10.2. The third-order valence-electron chi connectivity index (χ3n) is 7.06. The standard InChI is InChI=1S/C25H22F5NOS/c1-2-24-12-16(24)23(31-22(32)19-17(26)7-4-8-18(19)27)33-21(20(24)13-9-10-13)14-5-3-6-15(11-14)25(28,29)30/h3-8,11,13,16,23H,2,9-10,12H2,1H3,(H,31,32). The van der Waals surface area contributed by atoms with Crippen molar-refractivity contribution in [3.63, 3.8) is 0 Å². The quantitative estimate of drug-likeness (QED) is 0.467. The molecule has 2 aromatic carbocycles. The Morgan fingerprint density at radius 3 is 2.39 bits per heavy atom. The molecule has 0 bridgehead atoms. The van der Waals surface area contributed by atoms with Crippen LogP contribution in [0.2, 0.25) is 0 Å². The number of carbonyl (C=O) groups excluding carboxylic acids is 1. The van der Waals surface area contributed by atoms with Gasteiger partial charge in [-0.3, -0.25) is 4.79 Å². The van der Waals surface area contributed by atoms with Crippen molar-refractivity contribution in [2.45, 2.75) is 44.2 Å². The highest BCUT2D eigenvalue weighted by atomic mass is 32.2. The predicted octanol–water partition coefficient (Wildman–Crippen LogP) is 7.02. The van der Waals surface area contributed by atoms with Crippen LogP contribution in [-0.2, 0) is 6.18 Å². The van der Waals surface area contributed by atoms with E-state index in [0.717, 1.165) is 54.9 Å². The molecule has 1 aliphatic heterocycles. The summed E-state index contributed by atoms with van der Waals surface area (Å²) in [5, 5.41) is 2.30. The van der Waals surface area contributed by atoms with Gasteiger partial charge < -0.3 is 5.32 Å². The highest BCUT2D eigenvalue weighted by Crippen LogP contribution is 2.73. The molecule has 0 radical (unpaired) electrons. The van der Waals surface area contributed by atoms with Gasteiger partial charge in [-0.2, -0.15) is 13.2 Å². The molecule has 174 valence electrons. The van der Waals surface area contributed by atoms with Crippen molar-refractivity contribution in [1.29, 1.82) is 0 Å². The van der Waals surface area contributed by atoms with Gasteiger partial charge in [0.15, 0.2) is 0 Å². The molecular weight excluding hydrogens is 457 g/mol. The van der Waals surface area contributed by atoms with Gasteiger partial charge in [0.05, 0.1) is 10.9 Å². The second kappa shape index (κ2) is 7.86. The van der Waals surface area contributed by atoms with Gasteiger partial charge >= 0.3 is 6.18 Å². The van der Waals surface area contributed by atoms with Gasteiger partial charge in [-0.1, -0.05) is 25.1 Å². The summed E-state index contributed by atoms with van der Waals surface area (Å²) in [6, 6.07) is 8.52. The van der Waals surface area contributed by atoms with Crippen molar-refractivity contribution < 1.29 is 26.7 Å². The fourth-order valence-corrected chi connectivity index (χ4v) is 6.91. The molecule has 0 spiro atoms. The number of amides is 1. The number of allylic oxidation sites excluding steroid dienone is 1. The number of rotatable bonds is 5. The van der Waals surface area contributed by atoms with E-state index in [-0.39, 0.29) is 11.3 Å². The van der Waals surface area contributed by atoms with Crippen LogP contribution in [0.3, 0.4) is 0 Å². The van der Waals surface area contributed by atoms with Crippen LogP contribution >= 0.6 is 11.8 Å². The molecule has 2 saturated carbocycles. The van der Waals surface area contributed by atoms with Crippen molar-refractivity contribution in [1.82, 2.24) is 5.32 Å². The molecule has 5 rings (SSSR count). The molecule has 0 saturated heterocycles. The van der Waals surface area contributed by atoms with E-state index < -0.39 is 40.2 Å². The summed E-state index contributed by atoms with van der Waals surface area (Å²) in [5.74, 6) is -2.32. The first kappa shape index (κ1) is 22.4. The lowest BCUT2D eigenvalue weighted by atomic mass is 9.84. The number of fused-ring (bicyclic) bond motifs is 1. The predicted molar refractivity (Wildman–Crippen MR) is 117 cm³/mol. The first-order chi connectivity index (χ1) is 15.7. The maximum absolute atomic E-state index is 14.2. The summed E-state index contributed by atoms with van der Waals surface area (Å²) in [6.07, 6.45) is -0.854. The first-order valence-electron chi connectivity index (χ1n) is 11.0. The SMILES string of the molecule is CCC12CC1C(NC(=O)c1c(F)cccc1F)SC(c1cccc(C(F)(F)F)c1)=C2C1CC1. The minimum atomic E-state index is -4.46. The van der Waals surface area contributed by atoms with Crippen LogP contribution in [0.5, 0.6) is 0 Å². The van der Waals surface area contributed by atoms with Gasteiger partial charge in [0.1, 0.15) is 17.2 Å². The fraction of sp³-hybridized carbons (Fsp3) is 0.400. The molecule has 1 N–H and O–H groups in total. The Balaban J connectivity index is 1.53. The van der Waals surface area contributed by atoms with Gasteiger partial charge in [-0.25, -0.2) is 8.78 Å². The zero-order valence-corrected chi connectivity index (χ0v) is 18.6. The lowest BCUT2D eigenvalue weighted by molar-refractivity contribution is -0.137. The van der Waals surface area contributed by atoms with Gasteiger partial charge in [0.2, 0.25) is 0 Å². The highest BCUT2D eigenvalue weighted by Gasteiger charge is 2.64. The Bertz CT molecular complexity index is 1140.